The lowest BCUT2D eigenvalue weighted by Crippen LogP contribution is -2.32. The number of nitrogens with zero attached hydrogens (tertiary/aromatic N) is 2. The Morgan fingerprint density at radius 3 is 2.66 bits per heavy atom. The molecule has 0 amide bonds. The van der Waals surface area contributed by atoms with Crippen molar-refractivity contribution in [3.8, 4) is 5.75 Å². The molecule has 0 aliphatic carbocycles. The van der Waals surface area contributed by atoms with Gasteiger partial charge < -0.3 is 4.74 Å². The zero-order valence-electron chi connectivity index (χ0n) is 16.1. The molecule has 2 aliphatic rings. The van der Waals surface area contributed by atoms with E-state index in [2.05, 4.69) is 45.1 Å². The van der Waals surface area contributed by atoms with Gasteiger partial charge in [0, 0.05) is 47.5 Å². The second-order valence-electron chi connectivity index (χ2n) is 7.71. The molecule has 0 atom stereocenters. The predicted octanol–water partition coefficient (Wildman–Crippen LogP) is 3.70. The Morgan fingerprint density at radius 1 is 1.10 bits per heavy atom. The molecule has 2 aromatic carbocycles. The third kappa shape index (κ3) is 5.30. The molecule has 5 nitrogen and oxygen atoms in total. The molecule has 1 fully saturated rings. The maximum absolute atomic E-state index is 11.7. The van der Waals surface area contributed by atoms with Gasteiger partial charge in [-0.2, -0.15) is 0 Å². The summed E-state index contributed by atoms with van der Waals surface area (Å²) in [6, 6.07) is 12.4. The van der Waals surface area contributed by atoms with Crippen LogP contribution in [0.25, 0.3) is 0 Å². The zero-order chi connectivity index (χ0) is 20.2. The van der Waals surface area contributed by atoms with Gasteiger partial charge in [-0.1, -0.05) is 28.1 Å². The summed E-state index contributed by atoms with van der Waals surface area (Å²) in [5, 5.41) is 0. The van der Waals surface area contributed by atoms with Gasteiger partial charge in [-0.25, -0.2) is 8.51 Å². The Hall–Kier alpha value is -1.19. The number of benzene rings is 2. The van der Waals surface area contributed by atoms with Crippen molar-refractivity contribution in [3.05, 3.63) is 57.6 Å². The maximum atomic E-state index is 11.7. The summed E-state index contributed by atoms with van der Waals surface area (Å²) in [4.78, 5) is 3.03. The summed E-state index contributed by atoms with van der Waals surface area (Å²) >= 11 is 4.15. The summed E-state index contributed by atoms with van der Waals surface area (Å²) < 4.78 is 31.6. The Kier molecular flexibility index (Phi) is 7.08. The molecule has 0 aromatic heterocycles. The van der Waals surface area contributed by atoms with Crippen LogP contribution in [0.2, 0.25) is 0 Å². The highest BCUT2D eigenvalue weighted by molar-refractivity contribution is 9.10. The first-order valence-corrected chi connectivity index (χ1v) is 12.1. The molecule has 0 unspecified atom stereocenters. The summed E-state index contributed by atoms with van der Waals surface area (Å²) in [7, 11) is 0. The fourth-order valence-corrected chi connectivity index (χ4v) is 5.23. The zero-order valence-corrected chi connectivity index (χ0v) is 19.3. The van der Waals surface area contributed by atoms with E-state index in [1.807, 2.05) is 16.4 Å². The molecule has 29 heavy (non-hydrogen) atoms. The molecule has 0 spiro atoms. The smallest absolute Gasteiger partial charge is 0.487 e. The monoisotopic (exact) mass is 495 g/mol. The maximum Gasteiger partial charge on any atom is 0.509 e. The quantitative estimate of drug-likeness (QED) is 0.469. The fourth-order valence-electron chi connectivity index (χ4n) is 4.01. The van der Waals surface area contributed by atoms with E-state index in [9.17, 15) is 8.42 Å². The Labute approximate surface area is 187 Å². The highest BCUT2D eigenvalue weighted by Crippen LogP contribution is 2.29. The predicted molar refractivity (Wildman–Crippen MR) is 119 cm³/mol. The Morgan fingerprint density at radius 2 is 1.90 bits per heavy atom. The molecule has 1 saturated heterocycles. The Balaban J connectivity index is 1.35. The normalized spacial score (nSPS) is 18.0. The van der Waals surface area contributed by atoms with E-state index in [1.165, 1.54) is 11.1 Å². The number of hydrogen-bond donors (Lipinski definition) is 1. The number of ether oxygens (including phenoxy) is 1. The van der Waals surface area contributed by atoms with E-state index >= 15 is 0 Å². The molecule has 0 N–H and O–H groups in total. The first-order valence-electron chi connectivity index (χ1n) is 9.78. The van der Waals surface area contributed by atoms with Gasteiger partial charge in [-0.3, -0.25) is 4.90 Å². The lowest BCUT2D eigenvalue weighted by atomic mass is 9.99. The number of fused-ring (bicyclic) bond motifs is 1. The largest absolute Gasteiger partial charge is 0.509 e. The van der Waals surface area contributed by atoms with Crippen molar-refractivity contribution >= 4 is 39.4 Å². The lowest BCUT2D eigenvalue weighted by molar-refractivity contribution is 0.186. The van der Waals surface area contributed by atoms with Gasteiger partial charge in [0.1, 0.15) is 0 Å². The van der Waals surface area contributed by atoms with E-state index in [4.69, 9.17) is 4.74 Å². The van der Waals surface area contributed by atoms with Crippen molar-refractivity contribution in [2.45, 2.75) is 37.4 Å². The second-order valence-corrected chi connectivity index (χ2v) is 9.96. The fraction of sp³-hybridized carbons (Fsp3) is 0.429. The van der Waals surface area contributed by atoms with E-state index in [0.717, 1.165) is 55.6 Å². The van der Waals surface area contributed by atoms with Gasteiger partial charge in [-0.05, 0) is 53.6 Å². The topological polar surface area (TPSA) is 49.9 Å². The van der Waals surface area contributed by atoms with Crippen LogP contribution in [0.15, 0.2) is 45.8 Å². The van der Waals surface area contributed by atoms with Gasteiger partial charge in [0.05, 0.1) is 18.5 Å². The van der Waals surface area contributed by atoms with E-state index < -0.39 is 0 Å². The van der Waals surface area contributed by atoms with Crippen molar-refractivity contribution in [1.82, 2.24) is 9.21 Å². The van der Waals surface area contributed by atoms with E-state index in [-0.39, 0.29) is 11.9 Å². The summed E-state index contributed by atoms with van der Waals surface area (Å²) in [6.45, 7) is 4.93. The van der Waals surface area contributed by atoms with Crippen LogP contribution in [0.3, 0.4) is 0 Å². The molecular formula is C21H24BrN2O3S2+. The van der Waals surface area contributed by atoms with Crippen LogP contribution in [0, 0.1) is 5.92 Å². The molecule has 2 aliphatic heterocycles. The minimum atomic E-state index is 0.111. The van der Waals surface area contributed by atoms with Crippen LogP contribution in [0.5, 0.6) is 5.75 Å². The van der Waals surface area contributed by atoms with Crippen molar-refractivity contribution in [3.63, 3.8) is 0 Å². The van der Waals surface area contributed by atoms with Crippen molar-refractivity contribution in [1.29, 1.82) is 0 Å². The average Bonchev–Trinajstić information content (AvgIpc) is 3.14. The van der Waals surface area contributed by atoms with Crippen molar-refractivity contribution < 1.29 is 13.2 Å². The van der Waals surface area contributed by atoms with Gasteiger partial charge in [-0.15, -0.1) is 0 Å². The average molecular weight is 496 g/mol. The molecule has 0 radical (unpaired) electrons. The number of piperidine rings is 1. The number of rotatable bonds is 7. The molecule has 0 saturated carbocycles. The molecule has 4 rings (SSSR count). The van der Waals surface area contributed by atoms with Crippen LogP contribution >= 0.6 is 15.9 Å². The van der Waals surface area contributed by atoms with Crippen LogP contribution in [0.4, 0.5) is 0 Å². The SMILES string of the molecule is O=[S+]c1cc(CN2Cc3ccc(Br)cc3C2)ccc1OCC1CCN([SH]=O)CC1. The van der Waals surface area contributed by atoms with Crippen LogP contribution < -0.4 is 4.74 Å². The second kappa shape index (κ2) is 9.75. The third-order valence-corrected chi connectivity index (χ3v) is 7.26. The number of thiol groups is 1. The number of hydrogen-bond acceptors (Lipinski definition) is 4. The summed E-state index contributed by atoms with van der Waals surface area (Å²) in [5.74, 6) is 1.12. The molecule has 2 heterocycles. The molecule has 154 valence electrons. The minimum absolute atomic E-state index is 0.111. The van der Waals surface area contributed by atoms with E-state index in [0.29, 0.717) is 34.8 Å². The molecule has 8 heteroatoms. The standard InChI is InChI=1S/C21H24BrN2O3S2/c22-19-3-2-17-12-23(13-18(17)10-19)11-16-1-4-20(21(9-16)28-25)27-14-15-5-7-24(29-26)8-6-15/h1-4,9-10,15,29H,5-8,11-14H2/q+1. The summed E-state index contributed by atoms with van der Waals surface area (Å²) in [6.07, 6.45) is 1.94. The first kappa shape index (κ1) is 21.1. The van der Waals surface area contributed by atoms with Crippen molar-refractivity contribution in [2.75, 3.05) is 19.7 Å². The van der Waals surface area contributed by atoms with Gasteiger partial charge >= 0.3 is 16.6 Å². The summed E-state index contributed by atoms with van der Waals surface area (Å²) in [5.41, 5.74) is 3.86. The van der Waals surface area contributed by atoms with Crippen LogP contribution in [-0.4, -0.2) is 33.1 Å². The highest BCUT2D eigenvalue weighted by Gasteiger charge is 2.24. The van der Waals surface area contributed by atoms with Crippen LogP contribution in [0.1, 0.15) is 29.5 Å². The lowest BCUT2D eigenvalue weighted by Gasteiger charge is -2.27. The third-order valence-electron chi connectivity index (χ3n) is 5.64. The Bertz CT molecular complexity index is 903. The first-order chi connectivity index (χ1) is 14.1. The van der Waals surface area contributed by atoms with E-state index in [1.54, 1.807) is 0 Å². The van der Waals surface area contributed by atoms with Gasteiger partial charge in [0.15, 0.2) is 5.75 Å². The van der Waals surface area contributed by atoms with Gasteiger partial charge in [0.2, 0.25) is 0 Å². The van der Waals surface area contributed by atoms with Crippen LogP contribution in [-0.2, 0) is 47.4 Å². The highest BCUT2D eigenvalue weighted by atomic mass is 79.9. The minimum Gasteiger partial charge on any atom is -0.487 e. The van der Waals surface area contributed by atoms with Gasteiger partial charge in [0.25, 0.3) is 0 Å². The molecule has 2 aromatic rings. The van der Waals surface area contributed by atoms with Crippen molar-refractivity contribution in [2.24, 2.45) is 5.92 Å². The number of halogens is 1. The molecule has 0 bridgehead atoms. The molecular weight excluding hydrogens is 472 g/mol.